The van der Waals surface area contributed by atoms with Gasteiger partial charge in [-0.15, -0.1) is 11.3 Å². The van der Waals surface area contributed by atoms with Crippen molar-refractivity contribution in [3.05, 3.63) is 34.8 Å². The molecule has 3 aromatic rings. The van der Waals surface area contributed by atoms with Crippen LogP contribution in [0.25, 0.3) is 21.6 Å². The van der Waals surface area contributed by atoms with Gasteiger partial charge >= 0.3 is 0 Å². The minimum absolute atomic E-state index is 0.122. The average Bonchev–Trinajstić information content (AvgIpc) is 3.19. The number of hydrogen-bond donors (Lipinski definition) is 2. The van der Waals surface area contributed by atoms with Crippen molar-refractivity contribution in [2.75, 3.05) is 13.1 Å². The summed E-state index contributed by atoms with van der Waals surface area (Å²) in [5.74, 6) is -0.324. The molecule has 0 saturated heterocycles. The van der Waals surface area contributed by atoms with Crippen molar-refractivity contribution in [2.24, 2.45) is 7.05 Å². The summed E-state index contributed by atoms with van der Waals surface area (Å²) in [7, 11) is 1.82. The summed E-state index contributed by atoms with van der Waals surface area (Å²) < 4.78 is 1.69. The second-order valence-electron chi connectivity index (χ2n) is 5.68. The molecule has 2 N–H and O–H groups in total. The minimum Gasteiger partial charge on any atom is -0.355 e. The second kappa shape index (κ2) is 7.02. The van der Waals surface area contributed by atoms with E-state index in [4.69, 9.17) is 0 Å². The van der Waals surface area contributed by atoms with Gasteiger partial charge in [-0.3, -0.25) is 14.3 Å². The SMILES string of the molecule is CC(=O)NCCNC(=O)c1cc(-c2cccs2)nc2c1c(C)nn2C. The highest BCUT2D eigenvalue weighted by Crippen LogP contribution is 2.29. The minimum atomic E-state index is -0.202. The van der Waals surface area contributed by atoms with Crippen molar-refractivity contribution in [2.45, 2.75) is 13.8 Å². The van der Waals surface area contributed by atoms with Gasteiger partial charge in [-0.25, -0.2) is 4.98 Å². The number of hydrogen-bond acceptors (Lipinski definition) is 5. The Kier molecular flexibility index (Phi) is 4.80. The van der Waals surface area contributed by atoms with Crippen molar-refractivity contribution in [3.8, 4) is 10.6 Å². The zero-order valence-electron chi connectivity index (χ0n) is 14.3. The number of carbonyl (C=O) groups excluding carboxylic acids is 2. The normalized spacial score (nSPS) is 10.8. The maximum atomic E-state index is 12.7. The molecule has 3 heterocycles. The molecular formula is C17H19N5O2S. The van der Waals surface area contributed by atoms with E-state index in [0.29, 0.717) is 24.3 Å². The molecular weight excluding hydrogens is 338 g/mol. The number of carbonyl (C=O) groups is 2. The Morgan fingerprint density at radius 3 is 2.72 bits per heavy atom. The molecule has 25 heavy (non-hydrogen) atoms. The predicted molar refractivity (Wildman–Crippen MR) is 97.6 cm³/mol. The summed E-state index contributed by atoms with van der Waals surface area (Å²) in [5, 5.41) is 12.6. The van der Waals surface area contributed by atoms with Gasteiger partial charge in [-0.05, 0) is 24.4 Å². The Morgan fingerprint density at radius 1 is 1.28 bits per heavy atom. The molecule has 0 bridgehead atoms. The molecule has 0 radical (unpaired) electrons. The summed E-state index contributed by atoms with van der Waals surface area (Å²) in [5.41, 5.74) is 2.73. The topological polar surface area (TPSA) is 88.9 Å². The lowest BCUT2D eigenvalue weighted by molar-refractivity contribution is -0.118. The summed E-state index contributed by atoms with van der Waals surface area (Å²) in [4.78, 5) is 29.3. The number of rotatable bonds is 5. The average molecular weight is 357 g/mol. The lowest BCUT2D eigenvalue weighted by Crippen LogP contribution is -2.33. The highest BCUT2D eigenvalue weighted by Gasteiger charge is 2.19. The molecule has 130 valence electrons. The lowest BCUT2D eigenvalue weighted by atomic mass is 10.1. The number of aromatic nitrogens is 3. The van der Waals surface area contributed by atoms with Crippen molar-refractivity contribution < 1.29 is 9.59 Å². The van der Waals surface area contributed by atoms with Crippen LogP contribution in [0.3, 0.4) is 0 Å². The van der Waals surface area contributed by atoms with Crippen LogP contribution in [0.5, 0.6) is 0 Å². The first-order valence-corrected chi connectivity index (χ1v) is 8.76. The van der Waals surface area contributed by atoms with Crippen LogP contribution >= 0.6 is 11.3 Å². The van der Waals surface area contributed by atoms with E-state index in [1.165, 1.54) is 6.92 Å². The largest absolute Gasteiger partial charge is 0.355 e. The quantitative estimate of drug-likeness (QED) is 0.682. The van der Waals surface area contributed by atoms with Crippen LogP contribution in [0.2, 0.25) is 0 Å². The number of aryl methyl sites for hydroxylation is 2. The molecule has 0 spiro atoms. The third-order valence-electron chi connectivity index (χ3n) is 3.77. The summed E-state index contributed by atoms with van der Waals surface area (Å²) in [6.45, 7) is 4.05. The second-order valence-corrected chi connectivity index (χ2v) is 6.63. The van der Waals surface area contributed by atoms with Gasteiger partial charge in [0.25, 0.3) is 5.91 Å². The molecule has 2 amide bonds. The van der Waals surface area contributed by atoms with Gasteiger partial charge in [0.15, 0.2) is 5.65 Å². The fraction of sp³-hybridized carbons (Fsp3) is 0.294. The van der Waals surface area contributed by atoms with Crippen molar-refractivity contribution in [1.29, 1.82) is 0 Å². The Balaban J connectivity index is 1.97. The molecule has 0 aliphatic heterocycles. The van der Waals surface area contributed by atoms with E-state index in [1.807, 2.05) is 31.5 Å². The van der Waals surface area contributed by atoms with Gasteiger partial charge in [0.05, 0.1) is 27.2 Å². The number of fused-ring (bicyclic) bond motifs is 1. The molecule has 3 aromatic heterocycles. The summed E-state index contributed by atoms with van der Waals surface area (Å²) in [6.07, 6.45) is 0. The first kappa shape index (κ1) is 17.1. The first-order chi connectivity index (χ1) is 12.0. The zero-order chi connectivity index (χ0) is 18.0. The van der Waals surface area contributed by atoms with Crippen LogP contribution in [0.4, 0.5) is 0 Å². The van der Waals surface area contributed by atoms with Crippen LogP contribution < -0.4 is 10.6 Å². The van der Waals surface area contributed by atoms with Gasteiger partial charge in [-0.1, -0.05) is 6.07 Å². The highest BCUT2D eigenvalue weighted by molar-refractivity contribution is 7.13. The van der Waals surface area contributed by atoms with E-state index in [1.54, 1.807) is 22.1 Å². The van der Waals surface area contributed by atoms with E-state index in [2.05, 4.69) is 20.7 Å². The molecule has 0 aliphatic rings. The van der Waals surface area contributed by atoms with Crippen LogP contribution in [0, 0.1) is 6.92 Å². The van der Waals surface area contributed by atoms with Gasteiger partial charge < -0.3 is 10.6 Å². The highest BCUT2D eigenvalue weighted by atomic mass is 32.1. The van der Waals surface area contributed by atoms with Crippen LogP contribution in [0.15, 0.2) is 23.6 Å². The molecule has 3 rings (SSSR count). The molecule has 0 aliphatic carbocycles. The molecule has 7 nitrogen and oxygen atoms in total. The number of amides is 2. The van der Waals surface area contributed by atoms with E-state index >= 15 is 0 Å². The fourth-order valence-electron chi connectivity index (χ4n) is 2.68. The molecule has 8 heteroatoms. The van der Waals surface area contributed by atoms with Gasteiger partial charge in [0, 0.05) is 27.1 Å². The fourth-order valence-corrected chi connectivity index (χ4v) is 3.37. The first-order valence-electron chi connectivity index (χ1n) is 7.88. The Bertz CT molecular complexity index is 930. The third-order valence-corrected chi connectivity index (χ3v) is 4.66. The molecule has 0 aromatic carbocycles. The van der Waals surface area contributed by atoms with E-state index < -0.39 is 0 Å². The zero-order valence-corrected chi connectivity index (χ0v) is 15.1. The van der Waals surface area contributed by atoms with E-state index in [-0.39, 0.29) is 11.8 Å². The maximum absolute atomic E-state index is 12.7. The van der Waals surface area contributed by atoms with Crippen molar-refractivity contribution in [3.63, 3.8) is 0 Å². The van der Waals surface area contributed by atoms with E-state index in [9.17, 15) is 9.59 Å². The molecule has 0 saturated carbocycles. The van der Waals surface area contributed by atoms with Gasteiger partial charge in [-0.2, -0.15) is 5.10 Å². The number of nitrogens with one attached hydrogen (secondary N) is 2. The number of thiophene rings is 1. The predicted octanol–water partition coefficient (Wildman–Crippen LogP) is 1.87. The molecule has 0 atom stereocenters. The maximum Gasteiger partial charge on any atom is 0.252 e. The van der Waals surface area contributed by atoms with Gasteiger partial charge in [0.2, 0.25) is 5.91 Å². The van der Waals surface area contributed by atoms with E-state index in [0.717, 1.165) is 21.7 Å². The molecule has 0 unspecified atom stereocenters. The van der Waals surface area contributed by atoms with Crippen molar-refractivity contribution >= 4 is 34.2 Å². The smallest absolute Gasteiger partial charge is 0.252 e. The standard InChI is InChI=1S/C17H19N5O2S/c1-10-15-12(17(24)19-7-6-18-11(2)23)9-13(14-5-4-8-25-14)20-16(15)22(3)21-10/h4-5,8-9H,6-7H2,1-3H3,(H,18,23)(H,19,24). The Hall–Kier alpha value is -2.74. The Morgan fingerprint density at radius 2 is 2.04 bits per heavy atom. The number of pyridine rings is 1. The molecule has 0 fully saturated rings. The Labute approximate surface area is 149 Å². The van der Waals surface area contributed by atoms with Crippen LogP contribution in [-0.2, 0) is 11.8 Å². The number of nitrogens with zero attached hydrogens (tertiary/aromatic N) is 3. The summed E-state index contributed by atoms with van der Waals surface area (Å²) >= 11 is 1.57. The summed E-state index contributed by atoms with van der Waals surface area (Å²) in [6, 6.07) is 5.73. The third kappa shape index (κ3) is 3.53. The lowest BCUT2D eigenvalue weighted by Gasteiger charge is -2.09. The van der Waals surface area contributed by atoms with Crippen LogP contribution in [-0.4, -0.2) is 39.7 Å². The van der Waals surface area contributed by atoms with Crippen LogP contribution in [0.1, 0.15) is 23.0 Å². The van der Waals surface area contributed by atoms with Gasteiger partial charge in [0.1, 0.15) is 0 Å². The monoisotopic (exact) mass is 357 g/mol. The van der Waals surface area contributed by atoms with Crippen molar-refractivity contribution in [1.82, 2.24) is 25.4 Å².